The summed E-state index contributed by atoms with van der Waals surface area (Å²) in [4.78, 5) is 13.9. The molecule has 0 bridgehead atoms. The third-order valence-electron chi connectivity index (χ3n) is 3.07. The fourth-order valence-corrected chi connectivity index (χ4v) is 2.26. The maximum atomic E-state index is 12.2. The smallest absolute Gasteiger partial charge is 0.254 e. The van der Waals surface area contributed by atoms with E-state index in [4.69, 9.17) is 11.5 Å². The predicted molar refractivity (Wildman–Crippen MR) is 66.4 cm³/mol. The highest BCUT2D eigenvalue weighted by molar-refractivity contribution is 5.96. The van der Waals surface area contributed by atoms with Crippen molar-refractivity contribution in [3.05, 3.63) is 23.8 Å². The number of aliphatic hydroxyl groups is 1. The number of amides is 1. The Morgan fingerprint density at radius 1 is 1.35 bits per heavy atom. The van der Waals surface area contributed by atoms with Crippen LogP contribution in [0.25, 0.3) is 0 Å². The van der Waals surface area contributed by atoms with Gasteiger partial charge >= 0.3 is 0 Å². The summed E-state index contributed by atoms with van der Waals surface area (Å²) in [7, 11) is 0. The fourth-order valence-electron chi connectivity index (χ4n) is 2.26. The van der Waals surface area contributed by atoms with Crippen LogP contribution in [-0.4, -0.2) is 35.1 Å². The van der Waals surface area contributed by atoms with Crippen LogP contribution in [0.5, 0.6) is 0 Å². The molecule has 0 aliphatic carbocycles. The molecule has 0 unspecified atom stereocenters. The highest BCUT2D eigenvalue weighted by Crippen LogP contribution is 2.22. The number of carbonyl (C=O) groups is 1. The molecule has 1 amide bonds. The summed E-state index contributed by atoms with van der Waals surface area (Å²) in [5, 5.41) is 9.20. The van der Waals surface area contributed by atoms with Crippen molar-refractivity contribution in [2.24, 2.45) is 0 Å². The number of nitrogens with two attached hydrogens (primary N) is 2. The zero-order chi connectivity index (χ0) is 12.4. The molecule has 0 radical (unpaired) electrons. The first-order valence-corrected chi connectivity index (χ1v) is 5.69. The number of rotatable bonds is 2. The van der Waals surface area contributed by atoms with Crippen molar-refractivity contribution in [1.82, 2.24) is 4.90 Å². The van der Waals surface area contributed by atoms with Gasteiger partial charge in [-0.25, -0.2) is 0 Å². The highest BCUT2D eigenvalue weighted by Gasteiger charge is 2.28. The lowest BCUT2D eigenvalue weighted by molar-refractivity contribution is 0.0677. The SMILES string of the molecule is Nc1cc(N)cc(C(=O)N2CCC[C@H]2CO)c1. The number of benzene rings is 1. The molecular formula is C12H17N3O2. The average Bonchev–Trinajstić information content (AvgIpc) is 2.74. The summed E-state index contributed by atoms with van der Waals surface area (Å²) in [5.74, 6) is -0.111. The van der Waals surface area contributed by atoms with Crippen molar-refractivity contribution in [1.29, 1.82) is 0 Å². The molecular weight excluding hydrogens is 218 g/mol. The van der Waals surface area contributed by atoms with Gasteiger partial charge in [-0.05, 0) is 31.0 Å². The van der Waals surface area contributed by atoms with Crippen molar-refractivity contribution < 1.29 is 9.90 Å². The molecule has 1 aliphatic rings. The number of anilines is 2. The summed E-state index contributed by atoms with van der Waals surface area (Å²) >= 11 is 0. The normalized spacial score (nSPS) is 19.6. The Balaban J connectivity index is 2.24. The van der Waals surface area contributed by atoms with Gasteiger partial charge in [0.2, 0.25) is 0 Å². The second-order valence-corrected chi connectivity index (χ2v) is 4.37. The summed E-state index contributed by atoms with van der Waals surface area (Å²) in [6.45, 7) is 0.683. The van der Waals surface area contributed by atoms with Crippen LogP contribution < -0.4 is 11.5 Å². The number of nitrogen functional groups attached to an aromatic ring is 2. The van der Waals surface area contributed by atoms with Crippen molar-refractivity contribution in [3.8, 4) is 0 Å². The maximum Gasteiger partial charge on any atom is 0.254 e. The van der Waals surface area contributed by atoms with Gasteiger partial charge in [0.05, 0.1) is 12.6 Å². The summed E-state index contributed by atoms with van der Waals surface area (Å²) in [5.41, 5.74) is 12.8. The molecule has 0 aromatic heterocycles. The van der Waals surface area contributed by atoms with Crippen LogP contribution in [-0.2, 0) is 0 Å². The van der Waals surface area contributed by atoms with Crippen molar-refractivity contribution in [2.75, 3.05) is 24.6 Å². The van der Waals surface area contributed by atoms with Gasteiger partial charge in [0.25, 0.3) is 5.91 Å². The van der Waals surface area contributed by atoms with E-state index in [1.54, 1.807) is 23.1 Å². The Morgan fingerprint density at radius 3 is 2.59 bits per heavy atom. The van der Waals surface area contributed by atoms with Crippen molar-refractivity contribution in [3.63, 3.8) is 0 Å². The van der Waals surface area contributed by atoms with Gasteiger partial charge in [0.1, 0.15) is 0 Å². The minimum Gasteiger partial charge on any atom is -0.399 e. The molecule has 5 heteroatoms. The Kier molecular flexibility index (Phi) is 3.19. The molecule has 1 saturated heterocycles. The second kappa shape index (κ2) is 4.63. The zero-order valence-corrected chi connectivity index (χ0v) is 9.60. The van der Waals surface area contributed by atoms with E-state index >= 15 is 0 Å². The molecule has 5 N–H and O–H groups in total. The lowest BCUT2D eigenvalue weighted by Gasteiger charge is -2.23. The van der Waals surface area contributed by atoms with Gasteiger partial charge in [-0.3, -0.25) is 4.79 Å². The summed E-state index contributed by atoms with van der Waals surface area (Å²) in [6, 6.07) is 4.77. The quantitative estimate of drug-likeness (QED) is 0.649. The molecule has 0 saturated carbocycles. The molecule has 0 spiro atoms. The predicted octanol–water partition coefficient (Wildman–Crippen LogP) is 0.448. The van der Waals surface area contributed by atoms with Gasteiger partial charge in [-0.1, -0.05) is 0 Å². The number of aliphatic hydroxyl groups excluding tert-OH is 1. The first-order chi connectivity index (χ1) is 8.11. The topological polar surface area (TPSA) is 92.6 Å². The molecule has 92 valence electrons. The molecule has 17 heavy (non-hydrogen) atoms. The largest absolute Gasteiger partial charge is 0.399 e. The van der Waals surface area contributed by atoms with Crippen molar-refractivity contribution >= 4 is 17.3 Å². The van der Waals surface area contributed by atoms with Crippen LogP contribution in [0, 0.1) is 0 Å². The standard InChI is InChI=1S/C12H17N3O2/c13-9-4-8(5-10(14)6-9)12(17)15-3-1-2-11(15)7-16/h4-6,11,16H,1-3,7,13-14H2/t11-/m0/s1. The summed E-state index contributed by atoms with van der Waals surface area (Å²) < 4.78 is 0. The Morgan fingerprint density at radius 2 is 2.00 bits per heavy atom. The summed E-state index contributed by atoms with van der Waals surface area (Å²) in [6.07, 6.45) is 1.77. The van der Waals surface area contributed by atoms with E-state index in [0.717, 1.165) is 12.8 Å². The minimum absolute atomic E-state index is 0.00351. The van der Waals surface area contributed by atoms with Crippen molar-refractivity contribution in [2.45, 2.75) is 18.9 Å². The third kappa shape index (κ3) is 2.34. The van der Waals surface area contributed by atoms with E-state index in [9.17, 15) is 9.90 Å². The first-order valence-electron chi connectivity index (χ1n) is 5.69. The number of carbonyl (C=O) groups excluding carboxylic acids is 1. The molecule has 1 atom stereocenters. The Bertz CT molecular complexity index is 414. The molecule has 1 aromatic rings. The number of hydrogen-bond acceptors (Lipinski definition) is 4. The molecule has 5 nitrogen and oxygen atoms in total. The molecule has 2 rings (SSSR count). The van der Waals surface area contributed by atoms with E-state index in [1.807, 2.05) is 0 Å². The van der Waals surface area contributed by atoms with Crippen LogP contribution in [0.2, 0.25) is 0 Å². The van der Waals surface area contributed by atoms with Crippen LogP contribution >= 0.6 is 0 Å². The zero-order valence-electron chi connectivity index (χ0n) is 9.60. The van der Waals surface area contributed by atoms with E-state index in [-0.39, 0.29) is 18.6 Å². The second-order valence-electron chi connectivity index (χ2n) is 4.37. The minimum atomic E-state index is -0.111. The number of nitrogens with zero attached hydrogens (tertiary/aromatic N) is 1. The van der Waals surface area contributed by atoms with E-state index in [2.05, 4.69) is 0 Å². The molecule has 1 aliphatic heterocycles. The number of hydrogen-bond donors (Lipinski definition) is 3. The first kappa shape index (κ1) is 11.7. The number of likely N-dealkylation sites (tertiary alicyclic amines) is 1. The van der Waals surface area contributed by atoms with E-state index < -0.39 is 0 Å². The fraction of sp³-hybridized carbons (Fsp3) is 0.417. The lowest BCUT2D eigenvalue weighted by Crippen LogP contribution is -2.37. The van der Waals surface area contributed by atoms with Crippen LogP contribution in [0.15, 0.2) is 18.2 Å². The lowest BCUT2D eigenvalue weighted by atomic mass is 10.1. The molecule has 1 aromatic carbocycles. The van der Waals surface area contributed by atoms with Gasteiger partial charge in [-0.2, -0.15) is 0 Å². The Labute approximate surface area is 100 Å². The Hall–Kier alpha value is -1.75. The molecule has 1 fully saturated rings. The van der Waals surface area contributed by atoms with Gasteiger partial charge < -0.3 is 21.5 Å². The van der Waals surface area contributed by atoms with Gasteiger partial charge in [0, 0.05) is 23.5 Å². The van der Waals surface area contributed by atoms with E-state index in [1.165, 1.54) is 0 Å². The highest BCUT2D eigenvalue weighted by atomic mass is 16.3. The monoisotopic (exact) mass is 235 g/mol. The van der Waals surface area contributed by atoms with Crippen LogP contribution in [0.1, 0.15) is 23.2 Å². The van der Waals surface area contributed by atoms with E-state index in [0.29, 0.717) is 23.5 Å². The maximum absolute atomic E-state index is 12.2. The van der Waals surface area contributed by atoms with Gasteiger partial charge in [-0.15, -0.1) is 0 Å². The average molecular weight is 235 g/mol. The third-order valence-corrected chi connectivity index (χ3v) is 3.07. The van der Waals surface area contributed by atoms with Crippen LogP contribution in [0.4, 0.5) is 11.4 Å². The van der Waals surface area contributed by atoms with Crippen LogP contribution in [0.3, 0.4) is 0 Å². The van der Waals surface area contributed by atoms with Gasteiger partial charge in [0.15, 0.2) is 0 Å². The molecule has 1 heterocycles.